The maximum absolute atomic E-state index is 13.9. The summed E-state index contributed by atoms with van der Waals surface area (Å²) in [6.07, 6.45) is 0.420. The number of aromatic nitrogens is 2. The zero-order valence-electron chi connectivity index (χ0n) is 16.5. The number of rotatable bonds is 7. The van der Waals surface area contributed by atoms with Crippen molar-refractivity contribution in [2.75, 3.05) is 17.3 Å². The normalized spacial score (nSPS) is 17.5. The fourth-order valence-corrected chi connectivity index (χ4v) is 5.82. The first kappa shape index (κ1) is 21.5. The number of amides is 1. The van der Waals surface area contributed by atoms with Gasteiger partial charge >= 0.3 is 0 Å². The van der Waals surface area contributed by atoms with Crippen molar-refractivity contribution in [3.63, 3.8) is 0 Å². The molecular formula is C21H20FN3O4S2. The zero-order valence-corrected chi connectivity index (χ0v) is 18.1. The van der Waals surface area contributed by atoms with Crippen molar-refractivity contribution in [1.82, 2.24) is 15.1 Å². The van der Waals surface area contributed by atoms with E-state index in [1.807, 2.05) is 30.3 Å². The van der Waals surface area contributed by atoms with Crippen LogP contribution in [0.1, 0.15) is 12.0 Å². The molecule has 10 heteroatoms. The Morgan fingerprint density at radius 2 is 1.87 bits per heavy atom. The molecule has 1 aromatic heterocycles. The first-order chi connectivity index (χ1) is 14.9. The number of hydrogen-bond donors (Lipinski definition) is 0. The number of benzene rings is 2. The summed E-state index contributed by atoms with van der Waals surface area (Å²) in [5.74, 6) is -0.608. The molecule has 1 aliphatic rings. The van der Waals surface area contributed by atoms with Gasteiger partial charge in [0.05, 0.1) is 22.8 Å². The van der Waals surface area contributed by atoms with Gasteiger partial charge in [-0.05, 0) is 24.1 Å². The molecule has 0 radical (unpaired) electrons. The van der Waals surface area contributed by atoms with Crippen LogP contribution in [-0.2, 0) is 21.2 Å². The van der Waals surface area contributed by atoms with Crippen LogP contribution >= 0.6 is 11.8 Å². The van der Waals surface area contributed by atoms with Crippen LogP contribution in [-0.4, -0.2) is 52.7 Å². The standard InChI is InChI=1S/C21H20FN3O4S2/c22-18-9-5-4-8-17(18)20-23-24-21(29-20)30-13-19(26)25(12-15-6-2-1-3-7-15)16-10-11-31(27,28)14-16/h1-9,16H,10-14H2/t16-/m0/s1. The van der Waals surface area contributed by atoms with E-state index >= 15 is 0 Å². The van der Waals surface area contributed by atoms with Crippen molar-refractivity contribution < 1.29 is 22.0 Å². The summed E-state index contributed by atoms with van der Waals surface area (Å²) in [6.45, 7) is 0.324. The molecule has 2 aromatic carbocycles. The van der Waals surface area contributed by atoms with E-state index in [0.29, 0.717) is 13.0 Å². The Balaban J connectivity index is 1.46. The van der Waals surface area contributed by atoms with Gasteiger partial charge in [-0.15, -0.1) is 10.2 Å². The molecule has 0 N–H and O–H groups in total. The molecule has 0 spiro atoms. The highest BCUT2D eigenvalue weighted by molar-refractivity contribution is 7.99. The summed E-state index contributed by atoms with van der Waals surface area (Å²) in [5, 5.41) is 7.88. The molecule has 2 heterocycles. The molecule has 1 amide bonds. The van der Waals surface area contributed by atoms with E-state index in [1.165, 1.54) is 12.1 Å². The third kappa shape index (κ3) is 5.31. The SMILES string of the molecule is O=C(CSc1nnc(-c2ccccc2F)o1)N(Cc1ccccc1)[C@H]1CCS(=O)(=O)C1. The molecular weight excluding hydrogens is 441 g/mol. The second-order valence-electron chi connectivity index (χ2n) is 7.21. The number of halogens is 1. The van der Waals surface area contributed by atoms with Crippen LogP contribution in [0.4, 0.5) is 4.39 Å². The van der Waals surface area contributed by atoms with Gasteiger partial charge in [0, 0.05) is 12.6 Å². The lowest BCUT2D eigenvalue weighted by Gasteiger charge is -2.28. The van der Waals surface area contributed by atoms with Gasteiger partial charge in [0.2, 0.25) is 5.91 Å². The summed E-state index contributed by atoms with van der Waals surface area (Å²) >= 11 is 1.04. The number of thioether (sulfide) groups is 1. The molecule has 31 heavy (non-hydrogen) atoms. The highest BCUT2D eigenvalue weighted by Gasteiger charge is 2.34. The van der Waals surface area contributed by atoms with Crippen molar-refractivity contribution in [2.24, 2.45) is 0 Å². The molecule has 0 saturated carbocycles. The first-order valence-corrected chi connectivity index (χ1v) is 12.5. The van der Waals surface area contributed by atoms with Crippen LogP contribution in [0.3, 0.4) is 0 Å². The minimum Gasteiger partial charge on any atom is -0.411 e. The number of carbonyl (C=O) groups excluding carboxylic acids is 1. The first-order valence-electron chi connectivity index (χ1n) is 9.66. The van der Waals surface area contributed by atoms with E-state index in [-0.39, 0.29) is 45.9 Å². The van der Waals surface area contributed by atoms with Gasteiger partial charge in [0.25, 0.3) is 11.1 Å². The average Bonchev–Trinajstić information content (AvgIpc) is 3.37. The number of hydrogen-bond acceptors (Lipinski definition) is 7. The lowest BCUT2D eigenvalue weighted by molar-refractivity contribution is -0.130. The second-order valence-corrected chi connectivity index (χ2v) is 10.4. The van der Waals surface area contributed by atoms with Crippen LogP contribution < -0.4 is 0 Å². The topological polar surface area (TPSA) is 93.4 Å². The molecule has 162 valence electrons. The zero-order chi connectivity index (χ0) is 21.8. The van der Waals surface area contributed by atoms with Gasteiger partial charge < -0.3 is 9.32 Å². The van der Waals surface area contributed by atoms with Gasteiger partial charge in [0.15, 0.2) is 9.84 Å². The van der Waals surface area contributed by atoms with Gasteiger partial charge in [-0.3, -0.25) is 4.79 Å². The largest absolute Gasteiger partial charge is 0.411 e. The third-order valence-electron chi connectivity index (χ3n) is 5.00. The molecule has 0 aliphatic carbocycles. The third-order valence-corrected chi connectivity index (χ3v) is 7.55. The van der Waals surface area contributed by atoms with Crippen LogP contribution in [0.5, 0.6) is 0 Å². The maximum Gasteiger partial charge on any atom is 0.277 e. The summed E-state index contributed by atoms with van der Waals surface area (Å²) < 4.78 is 43.3. The molecule has 1 fully saturated rings. The minimum atomic E-state index is -3.14. The number of nitrogens with zero attached hydrogens (tertiary/aromatic N) is 3. The van der Waals surface area contributed by atoms with E-state index < -0.39 is 15.7 Å². The Kier molecular flexibility index (Phi) is 6.38. The smallest absolute Gasteiger partial charge is 0.277 e. The predicted octanol–water partition coefficient (Wildman–Crippen LogP) is 3.18. The highest BCUT2D eigenvalue weighted by Crippen LogP contribution is 2.26. The van der Waals surface area contributed by atoms with Crippen molar-refractivity contribution in [3.05, 3.63) is 66.0 Å². The van der Waals surface area contributed by atoms with E-state index in [1.54, 1.807) is 17.0 Å². The summed E-state index contributed by atoms with van der Waals surface area (Å²) in [7, 11) is -3.14. The predicted molar refractivity (Wildman–Crippen MR) is 114 cm³/mol. The number of carbonyl (C=O) groups is 1. The minimum absolute atomic E-state index is 0.00227. The highest BCUT2D eigenvalue weighted by atomic mass is 32.2. The van der Waals surface area contributed by atoms with Gasteiger partial charge in [-0.2, -0.15) is 0 Å². The van der Waals surface area contributed by atoms with Crippen molar-refractivity contribution in [2.45, 2.75) is 24.2 Å². The molecule has 0 unspecified atom stereocenters. The van der Waals surface area contributed by atoms with Crippen LogP contribution in [0.2, 0.25) is 0 Å². The maximum atomic E-state index is 13.9. The summed E-state index contributed by atoms with van der Waals surface area (Å²) in [4.78, 5) is 14.6. The fraction of sp³-hybridized carbons (Fsp3) is 0.286. The average molecular weight is 462 g/mol. The van der Waals surface area contributed by atoms with E-state index in [0.717, 1.165) is 17.3 Å². The van der Waals surface area contributed by atoms with E-state index in [4.69, 9.17) is 4.42 Å². The number of sulfone groups is 1. The Labute approximate surface area is 183 Å². The molecule has 1 aliphatic heterocycles. The van der Waals surface area contributed by atoms with E-state index in [9.17, 15) is 17.6 Å². The quantitative estimate of drug-likeness (QED) is 0.499. The van der Waals surface area contributed by atoms with Crippen LogP contribution in [0.25, 0.3) is 11.5 Å². The van der Waals surface area contributed by atoms with E-state index in [2.05, 4.69) is 10.2 Å². The molecule has 4 rings (SSSR count). The molecule has 1 saturated heterocycles. The van der Waals surface area contributed by atoms with Crippen LogP contribution in [0, 0.1) is 5.82 Å². The fourth-order valence-electron chi connectivity index (χ4n) is 3.44. The Bertz CT molecular complexity index is 1170. The second kappa shape index (κ2) is 9.19. The molecule has 7 nitrogen and oxygen atoms in total. The Morgan fingerprint density at radius 3 is 2.58 bits per heavy atom. The monoisotopic (exact) mass is 461 g/mol. The van der Waals surface area contributed by atoms with Gasteiger partial charge in [0.1, 0.15) is 5.82 Å². The lowest BCUT2D eigenvalue weighted by Crippen LogP contribution is -2.41. The molecule has 3 aromatic rings. The molecule has 1 atom stereocenters. The van der Waals surface area contributed by atoms with Crippen molar-refractivity contribution in [1.29, 1.82) is 0 Å². The lowest BCUT2D eigenvalue weighted by atomic mass is 10.1. The van der Waals surface area contributed by atoms with Gasteiger partial charge in [-0.25, -0.2) is 12.8 Å². The summed E-state index contributed by atoms with van der Waals surface area (Å²) in [6, 6.07) is 15.1. The summed E-state index contributed by atoms with van der Waals surface area (Å²) in [5.41, 5.74) is 1.11. The molecule has 0 bridgehead atoms. The Morgan fingerprint density at radius 1 is 1.13 bits per heavy atom. The van der Waals surface area contributed by atoms with Crippen molar-refractivity contribution >= 4 is 27.5 Å². The van der Waals surface area contributed by atoms with Crippen LogP contribution in [0.15, 0.2) is 64.2 Å². The van der Waals surface area contributed by atoms with Crippen molar-refractivity contribution in [3.8, 4) is 11.5 Å². The van der Waals surface area contributed by atoms with Gasteiger partial charge in [-0.1, -0.05) is 54.2 Å². The Hall–Kier alpha value is -2.72.